The molecule has 4 heteroatoms. The molecular weight excluding hydrogens is 197 g/mol. The van der Waals surface area contributed by atoms with Crippen LogP contribution in [-0.4, -0.2) is 17.5 Å². The minimum absolute atomic E-state index is 0.285. The Labute approximate surface area is 86.8 Å². The van der Waals surface area contributed by atoms with E-state index >= 15 is 0 Å². The van der Waals surface area contributed by atoms with Gasteiger partial charge in [0, 0.05) is 6.54 Å². The normalized spacial score (nSPS) is 15.7. The van der Waals surface area contributed by atoms with Crippen LogP contribution in [-0.2, 0) is 11.3 Å². The monoisotopic (exact) mass is 207 g/mol. The molecule has 0 aromatic heterocycles. The van der Waals surface area contributed by atoms with Gasteiger partial charge in [0.25, 0.3) is 0 Å². The molecule has 0 atom stereocenters. The van der Waals surface area contributed by atoms with Crippen molar-refractivity contribution in [3.8, 4) is 0 Å². The standard InChI is InChI=1S/C11H10FNO2/c1-8-6-13(11(14)15-8)7-9-2-4-10(12)5-3-9/h2-5H,1,6-7H2. The lowest BCUT2D eigenvalue weighted by Crippen LogP contribution is -2.23. The summed E-state index contributed by atoms with van der Waals surface area (Å²) >= 11 is 0. The van der Waals surface area contributed by atoms with Gasteiger partial charge in [0.15, 0.2) is 0 Å². The molecule has 0 radical (unpaired) electrons. The van der Waals surface area contributed by atoms with E-state index in [1.807, 2.05) is 0 Å². The van der Waals surface area contributed by atoms with Crippen molar-refractivity contribution in [1.29, 1.82) is 0 Å². The van der Waals surface area contributed by atoms with Crippen molar-refractivity contribution in [3.63, 3.8) is 0 Å². The zero-order valence-corrected chi connectivity index (χ0v) is 8.07. The molecule has 15 heavy (non-hydrogen) atoms. The summed E-state index contributed by atoms with van der Waals surface area (Å²) in [6.45, 7) is 4.38. The highest BCUT2D eigenvalue weighted by Gasteiger charge is 2.25. The Morgan fingerprint density at radius 2 is 2.07 bits per heavy atom. The van der Waals surface area contributed by atoms with Crippen LogP contribution in [0, 0.1) is 5.82 Å². The van der Waals surface area contributed by atoms with Crippen LogP contribution in [0.2, 0.25) is 0 Å². The van der Waals surface area contributed by atoms with Crippen molar-refractivity contribution in [2.45, 2.75) is 6.54 Å². The number of cyclic esters (lactones) is 1. The van der Waals surface area contributed by atoms with E-state index in [9.17, 15) is 9.18 Å². The second kappa shape index (κ2) is 3.73. The molecule has 1 heterocycles. The lowest BCUT2D eigenvalue weighted by molar-refractivity contribution is 0.167. The summed E-state index contributed by atoms with van der Waals surface area (Å²) < 4.78 is 17.4. The Morgan fingerprint density at radius 3 is 2.60 bits per heavy atom. The van der Waals surface area contributed by atoms with Crippen LogP contribution in [0.3, 0.4) is 0 Å². The molecular formula is C11H10FNO2. The van der Waals surface area contributed by atoms with E-state index in [1.165, 1.54) is 17.0 Å². The van der Waals surface area contributed by atoms with Gasteiger partial charge in [-0.15, -0.1) is 0 Å². The Kier molecular flexibility index (Phi) is 2.41. The zero-order chi connectivity index (χ0) is 10.8. The number of benzene rings is 1. The first-order chi connectivity index (χ1) is 7.15. The first-order valence-electron chi connectivity index (χ1n) is 4.54. The molecule has 1 aliphatic heterocycles. The van der Waals surface area contributed by atoms with Crippen molar-refractivity contribution < 1.29 is 13.9 Å². The summed E-state index contributed by atoms with van der Waals surface area (Å²) in [4.78, 5) is 12.7. The van der Waals surface area contributed by atoms with Gasteiger partial charge in [-0.2, -0.15) is 0 Å². The lowest BCUT2D eigenvalue weighted by atomic mass is 10.2. The van der Waals surface area contributed by atoms with Gasteiger partial charge in [-0.3, -0.25) is 4.90 Å². The third kappa shape index (κ3) is 2.15. The largest absolute Gasteiger partial charge is 0.415 e. The summed E-state index contributed by atoms with van der Waals surface area (Å²) in [6, 6.07) is 6.02. The number of carbonyl (C=O) groups is 1. The maximum Gasteiger partial charge on any atom is 0.415 e. The third-order valence-electron chi connectivity index (χ3n) is 2.14. The highest BCUT2D eigenvalue weighted by Crippen LogP contribution is 2.16. The summed E-state index contributed by atoms with van der Waals surface area (Å²) in [5.41, 5.74) is 0.864. The van der Waals surface area contributed by atoms with E-state index in [2.05, 4.69) is 6.58 Å². The Bertz CT molecular complexity index is 400. The average molecular weight is 207 g/mol. The quantitative estimate of drug-likeness (QED) is 0.744. The van der Waals surface area contributed by atoms with E-state index in [-0.39, 0.29) is 5.82 Å². The number of hydrogen-bond donors (Lipinski definition) is 0. The first-order valence-corrected chi connectivity index (χ1v) is 4.54. The molecule has 1 aliphatic rings. The number of ether oxygens (including phenoxy) is 1. The number of halogens is 1. The smallest absolute Gasteiger partial charge is 0.413 e. The molecule has 0 N–H and O–H groups in total. The van der Waals surface area contributed by atoms with Crippen LogP contribution in [0.1, 0.15) is 5.56 Å². The molecule has 1 aromatic rings. The maximum atomic E-state index is 12.6. The predicted octanol–water partition coefficient (Wildman–Crippen LogP) is 2.29. The second-order valence-corrected chi connectivity index (χ2v) is 3.39. The molecule has 1 fully saturated rings. The van der Waals surface area contributed by atoms with E-state index in [0.29, 0.717) is 18.8 Å². The van der Waals surface area contributed by atoms with Crippen LogP contribution < -0.4 is 0 Å². The van der Waals surface area contributed by atoms with Crippen LogP contribution in [0.15, 0.2) is 36.6 Å². The Hall–Kier alpha value is -1.84. The van der Waals surface area contributed by atoms with Crippen LogP contribution in [0.25, 0.3) is 0 Å². The van der Waals surface area contributed by atoms with Crippen molar-refractivity contribution in [2.24, 2.45) is 0 Å². The summed E-state index contributed by atoms with van der Waals surface area (Å²) in [5, 5.41) is 0. The lowest BCUT2D eigenvalue weighted by Gasteiger charge is -2.11. The SMILES string of the molecule is C=C1CN(Cc2ccc(F)cc2)C(=O)O1. The van der Waals surface area contributed by atoms with Gasteiger partial charge in [0.05, 0.1) is 6.54 Å². The summed E-state index contributed by atoms with van der Waals surface area (Å²) in [6.07, 6.45) is -0.399. The molecule has 1 amide bonds. The van der Waals surface area contributed by atoms with Gasteiger partial charge < -0.3 is 4.74 Å². The molecule has 0 bridgehead atoms. The van der Waals surface area contributed by atoms with E-state index < -0.39 is 6.09 Å². The number of rotatable bonds is 2. The molecule has 0 spiro atoms. The second-order valence-electron chi connectivity index (χ2n) is 3.39. The fraction of sp³-hybridized carbons (Fsp3) is 0.182. The van der Waals surface area contributed by atoms with E-state index in [4.69, 9.17) is 4.74 Å². The molecule has 0 unspecified atom stereocenters. The highest BCUT2D eigenvalue weighted by molar-refractivity contribution is 5.71. The molecule has 3 nitrogen and oxygen atoms in total. The fourth-order valence-corrected chi connectivity index (χ4v) is 1.43. The van der Waals surface area contributed by atoms with Gasteiger partial charge in [-0.1, -0.05) is 18.7 Å². The molecule has 2 rings (SSSR count). The van der Waals surface area contributed by atoms with E-state index in [0.717, 1.165) is 5.56 Å². The van der Waals surface area contributed by atoms with Gasteiger partial charge in [-0.25, -0.2) is 9.18 Å². The number of amides is 1. The molecule has 0 aliphatic carbocycles. The van der Waals surface area contributed by atoms with Gasteiger partial charge in [0.2, 0.25) is 0 Å². The van der Waals surface area contributed by atoms with Crippen LogP contribution in [0.4, 0.5) is 9.18 Å². The van der Waals surface area contributed by atoms with Crippen molar-refractivity contribution in [3.05, 3.63) is 48.0 Å². The third-order valence-corrected chi connectivity index (χ3v) is 2.14. The van der Waals surface area contributed by atoms with Gasteiger partial charge in [-0.05, 0) is 17.7 Å². The topological polar surface area (TPSA) is 29.5 Å². The van der Waals surface area contributed by atoms with Crippen LogP contribution >= 0.6 is 0 Å². The van der Waals surface area contributed by atoms with Crippen molar-refractivity contribution >= 4 is 6.09 Å². The molecule has 1 saturated heterocycles. The van der Waals surface area contributed by atoms with E-state index in [1.54, 1.807) is 12.1 Å². The minimum Gasteiger partial charge on any atom is -0.413 e. The Morgan fingerprint density at radius 1 is 1.40 bits per heavy atom. The van der Waals surface area contributed by atoms with Crippen LogP contribution in [0.5, 0.6) is 0 Å². The minimum atomic E-state index is -0.399. The summed E-state index contributed by atoms with van der Waals surface area (Å²) in [5.74, 6) is 0.161. The predicted molar refractivity (Wildman–Crippen MR) is 52.4 cm³/mol. The number of nitrogens with zero attached hydrogens (tertiary/aromatic N) is 1. The molecule has 78 valence electrons. The number of hydrogen-bond acceptors (Lipinski definition) is 2. The Balaban J connectivity index is 2.06. The number of carbonyl (C=O) groups excluding carboxylic acids is 1. The highest BCUT2D eigenvalue weighted by atomic mass is 19.1. The van der Waals surface area contributed by atoms with Gasteiger partial charge in [0.1, 0.15) is 11.6 Å². The average Bonchev–Trinajstić information content (AvgIpc) is 2.49. The fourth-order valence-electron chi connectivity index (χ4n) is 1.43. The summed E-state index contributed by atoms with van der Waals surface area (Å²) in [7, 11) is 0. The first kappa shape index (κ1) is 9.71. The molecule has 0 saturated carbocycles. The van der Waals surface area contributed by atoms with Crippen molar-refractivity contribution in [1.82, 2.24) is 4.90 Å². The molecule has 1 aromatic carbocycles. The van der Waals surface area contributed by atoms with Crippen molar-refractivity contribution in [2.75, 3.05) is 6.54 Å². The zero-order valence-electron chi connectivity index (χ0n) is 8.07. The van der Waals surface area contributed by atoms with Gasteiger partial charge >= 0.3 is 6.09 Å². The maximum absolute atomic E-state index is 12.6.